The molecular formula is C14H32N4. The second kappa shape index (κ2) is 8.86. The number of nitrogens with two attached hydrogens (primary N) is 2. The van der Waals surface area contributed by atoms with Gasteiger partial charge in [-0.1, -0.05) is 0 Å². The van der Waals surface area contributed by atoms with Crippen molar-refractivity contribution >= 4 is 0 Å². The summed E-state index contributed by atoms with van der Waals surface area (Å²) in [5, 5.41) is 0. The average molecular weight is 256 g/mol. The lowest BCUT2D eigenvalue weighted by atomic mass is 10.1. The SMILES string of the molecule is C[C@@H]1CN(CCCCN)[C@@H](C)CN1CCCCN. The third-order valence-corrected chi connectivity index (χ3v) is 4.04. The molecule has 1 fully saturated rings. The fourth-order valence-corrected chi connectivity index (χ4v) is 2.81. The van der Waals surface area contributed by atoms with Crippen LogP contribution in [0.25, 0.3) is 0 Å². The van der Waals surface area contributed by atoms with E-state index in [1.165, 1.54) is 39.0 Å². The van der Waals surface area contributed by atoms with Crippen molar-refractivity contribution in [2.24, 2.45) is 11.5 Å². The van der Waals surface area contributed by atoms with Gasteiger partial charge in [0.2, 0.25) is 0 Å². The maximum atomic E-state index is 5.56. The summed E-state index contributed by atoms with van der Waals surface area (Å²) in [6.45, 7) is 11.2. The van der Waals surface area contributed by atoms with Crippen molar-refractivity contribution in [3.63, 3.8) is 0 Å². The lowest BCUT2D eigenvalue weighted by Gasteiger charge is -2.44. The molecule has 108 valence electrons. The molecule has 0 unspecified atom stereocenters. The third-order valence-electron chi connectivity index (χ3n) is 4.04. The monoisotopic (exact) mass is 256 g/mol. The summed E-state index contributed by atoms with van der Waals surface area (Å²) in [5.41, 5.74) is 11.1. The Bertz CT molecular complexity index is 188. The molecule has 4 heteroatoms. The van der Waals surface area contributed by atoms with Crippen molar-refractivity contribution in [2.75, 3.05) is 39.3 Å². The fraction of sp³-hybridized carbons (Fsp3) is 1.00. The molecule has 18 heavy (non-hydrogen) atoms. The Kier molecular flexibility index (Phi) is 7.82. The maximum Gasteiger partial charge on any atom is 0.0195 e. The summed E-state index contributed by atoms with van der Waals surface area (Å²) in [5.74, 6) is 0. The van der Waals surface area contributed by atoms with E-state index < -0.39 is 0 Å². The van der Waals surface area contributed by atoms with Gasteiger partial charge in [0.05, 0.1) is 0 Å². The van der Waals surface area contributed by atoms with Gasteiger partial charge in [-0.15, -0.1) is 0 Å². The van der Waals surface area contributed by atoms with Gasteiger partial charge >= 0.3 is 0 Å². The van der Waals surface area contributed by atoms with Crippen LogP contribution in [0.2, 0.25) is 0 Å². The van der Waals surface area contributed by atoms with Crippen LogP contribution in [0.4, 0.5) is 0 Å². The van der Waals surface area contributed by atoms with Gasteiger partial charge in [-0.25, -0.2) is 0 Å². The predicted octanol–water partition coefficient (Wildman–Crippen LogP) is 0.859. The summed E-state index contributed by atoms with van der Waals surface area (Å²) in [7, 11) is 0. The van der Waals surface area contributed by atoms with Gasteiger partial charge in [-0.3, -0.25) is 9.80 Å². The molecule has 0 saturated carbocycles. The number of piperazine rings is 1. The zero-order valence-electron chi connectivity index (χ0n) is 12.3. The molecule has 1 aliphatic rings. The van der Waals surface area contributed by atoms with E-state index in [1.807, 2.05) is 0 Å². The predicted molar refractivity (Wildman–Crippen MR) is 78.6 cm³/mol. The minimum absolute atomic E-state index is 0.678. The largest absolute Gasteiger partial charge is 0.330 e. The molecule has 2 atom stereocenters. The minimum Gasteiger partial charge on any atom is -0.330 e. The van der Waals surface area contributed by atoms with Crippen molar-refractivity contribution < 1.29 is 0 Å². The van der Waals surface area contributed by atoms with Crippen LogP contribution in [0.3, 0.4) is 0 Å². The fourth-order valence-electron chi connectivity index (χ4n) is 2.81. The molecule has 4 N–H and O–H groups in total. The highest BCUT2D eigenvalue weighted by Crippen LogP contribution is 2.16. The molecule has 1 saturated heterocycles. The van der Waals surface area contributed by atoms with Crippen molar-refractivity contribution in [1.29, 1.82) is 0 Å². The molecule has 0 bridgehead atoms. The Morgan fingerprint density at radius 2 is 1.17 bits per heavy atom. The Balaban J connectivity index is 2.29. The zero-order valence-corrected chi connectivity index (χ0v) is 12.3. The third kappa shape index (κ3) is 5.22. The van der Waals surface area contributed by atoms with Crippen molar-refractivity contribution in [3.05, 3.63) is 0 Å². The summed E-state index contributed by atoms with van der Waals surface area (Å²) < 4.78 is 0. The molecule has 0 amide bonds. The smallest absolute Gasteiger partial charge is 0.0195 e. The molecule has 0 aromatic heterocycles. The first-order valence-electron chi connectivity index (χ1n) is 7.57. The molecule has 4 nitrogen and oxygen atoms in total. The van der Waals surface area contributed by atoms with Crippen LogP contribution in [-0.2, 0) is 0 Å². The van der Waals surface area contributed by atoms with Crippen molar-refractivity contribution in [2.45, 2.75) is 51.6 Å². The first-order chi connectivity index (χ1) is 8.69. The van der Waals surface area contributed by atoms with Gasteiger partial charge in [0.1, 0.15) is 0 Å². The van der Waals surface area contributed by atoms with Gasteiger partial charge in [0, 0.05) is 25.2 Å². The highest BCUT2D eigenvalue weighted by atomic mass is 15.3. The van der Waals surface area contributed by atoms with E-state index in [1.54, 1.807) is 0 Å². The standard InChI is InChI=1S/C14H32N4/c1-13-11-18(10-6-4-8-16)14(2)12-17(13)9-5-3-7-15/h13-14H,3-12,15-16H2,1-2H3/t13-,14+. The number of hydrogen-bond donors (Lipinski definition) is 2. The van der Waals surface area contributed by atoms with Crippen molar-refractivity contribution in [3.8, 4) is 0 Å². The Morgan fingerprint density at radius 3 is 1.50 bits per heavy atom. The van der Waals surface area contributed by atoms with Crippen LogP contribution >= 0.6 is 0 Å². The number of hydrogen-bond acceptors (Lipinski definition) is 4. The van der Waals surface area contributed by atoms with Crippen LogP contribution in [0.5, 0.6) is 0 Å². The van der Waals surface area contributed by atoms with Crippen LogP contribution in [0, 0.1) is 0 Å². The van der Waals surface area contributed by atoms with E-state index in [9.17, 15) is 0 Å². The van der Waals surface area contributed by atoms with Gasteiger partial charge in [0.25, 0.3) is 0 Å². The molecule has 0 aliphatic carbocycles. The topological polar surface area (TPSA) is 58.5 Å². The first kappa shape index (κ1) is 15.9. The second-order valence-corrected chi connectivity index (χ2v) is 5.68. The molecule has 0 radical (unpaired) electrons. The van der Waals surface area contributed by atoms with Crippen molar-refractivity contribution in [1.82, 2.24) is 9.80 Å². The number of unbranched alkanes of at least 4 members (excludes halogenated alkanes) is 2. The van der Waals surface area contributed by atoms with Gasteiger partial charge < -0.3 is 11.5 Å². The van der Waals surface area contributed by atoms with E-state index in [0.29, 0.717) is 12.1 Å². The summed E-state index contributed by atoms with van der Waals surface area (Å²) in [4.78, 5) is 5.25. The highest BCUT2D eigenvalue weighted by molar-refractivity contribution is 4.84. The molecule has 0 aromatic carbocycles. The summed E-state index contributed by atoms with van der Waals surface area (Å²) >= 11 is 0. The lowest BCUT2D eigenvalue weighted by molar-refractivity contribution is 0.0411. The van der Waals surface area contributed by atoms with Crippen LogP contribution in [0.15, 0.2) is 0 Å². The minimum atomic E-state index is 0.678. The van der Waals surface area contributed by atoms with Crippen LogP contribution in [0.1, 0.15) is 39.5 Å². The lowest BCUT2D eigenvalue weighted by Crippen LogP contribution is -2.56. The highest BCUT2D eigenvalue weighted by Gasteiger charge is 2.27. The van der Waals surface area contributed by atoms with E-state index in [-0.39, 0.29) is 0 Å². The number of rotatable bonds is 8. The zero-order chi connectivity index (χ0) is 13.4. The second-order valence-electron chi connectivity index (χ2n) is 5.68. The van der Waals surface area contributed by atoms with Gasteiger partial charge in [-0.2, -0.15) is 0 Å². The average Bonchev–Trinajstić information content (AvgIpc) is 2.35. The van der Waals surface area contributed by atoms with Crippen LogP contribution in [-0.4, -0.2) is 61.2 Å². The van der Waals surface area contributed by atoms with E-state index in [0.717, 1.165) is 25.9 Å². The molecule has 1 heterocycles. The van der Waals surface area contributed by atoms with Crippen LogP contribution < -0.4 is 11.5 Å². The quantitative estimate of drug-likeness (QED) is 0.632. The molecule has 0 spiro atoms. The van der Waals surface area contributed by atoms with E-state index in [4.69, 9.17) is 11.5 Å². The Hall–Kier alpha value is -0.160. The molecule has 1 aliphatic heterocycles. The Morgan fingerprint density at radius 1 is 0.778 bits per heavy atom. The molecule has 1 rings (SSSR count). The van der Waals surface area contributed by atoms with E-state index >= 15 is 0 Å². The van der Waals surface area contributed by atoms with Gasteiger partial charge in [0.15, 0.2) is 0 Å². The maximum absolute atomic E-state index is 5.56. The van der Waals surface area contributed by atoms with E-state index in [2.05, 4.69) is 23.6 Å². The molecular weight excluding hydrogens is 224 g/mol. The summed E-state index contributed by atoms with van der Waals surface area (Å²) in [6, 6.07) is 1.36. The first-order valence-corrected chi connectivity index (χ1v) is 7.57. The summed E-state index contributed by atoms with van der Waals surface area (Å²) in [6.07, 6.45) is 4.77. The number of nitrogens with zero attached hydrogens (tertiary/aromatic N) is 2. The normalized spacial score (nSPS) is 26.7. The van der Waals surface area contributed by atoms with Gasteiger partial charge in [-0.05, 0) is 65.7 Å². The Labute approximate surface area is 113 Å². The molecule has 0 aromatic rings.